The van der Waals surface area contributed by atoms with Gasteiger partial charge in [0.25, 0.3) is 0 Å². The minimum Gasteiger partial charge on any atom is -0.489 e. The molecule has 108 valence electrons. The Morgan fingerprint density at radius 2 is 1.85 bits per heavy atom. The van der Waals surface area contributed by atoms with Crippen molar-refractivity contribution in [1.82, 2.24) is 5.32 Å². The molecule has 0 bridgehead atoms. The highest BCUT2D eigenvalue weighted by Crippen LogP contribution is 2.24. The van der Waals surface area contributed by atoms with Crippen LogP contribution in [0.3, 0.4) is 0 Å². The summed E-state index contributed by atoms with van der Waals surface area (Å²) in [5.74, 6) is 0.848. The van der Waals surface area contributed by atoms with Crippen molar-refractivity contribution in [3.63, 3.8) is 0 Å². The summed E-state index contributed by atoms with van der Waals surface area (Å²) >= 11 is 0. The second kappa shape index (κ2) is 6.58. The molecule has 0 saturated carbocycles. The number of hydrogen-bond acceptors (Lipinski definition) is 3. The van der Waals surface area contributed by atoms with Gasteiger partial charge in [-0.25, -0.2) is 0 Å². The molecule has 0 saturated heterocycles. The zero-order valence-electron chi connectivity index (χ0n) is 13.1. The predicted molar refractivity (Wildman–Crippen MR) is 83.0 cm³/mol. The summed E-state index contributed by atoms with van der Waals surface area (Å²) in [5.41, 5.74) is 3.71. The first kappa shape index (κ1) is 16.3. The summed E-state index contributed by atoms with van der Waals surface area (Å²) in [7, 11) is 0. The van der Waals surface area contributed by atoms with Crippen LogP contribution in [0.1, 0.15) is 37.5 Å². The molecular formula is C17H24N2O. The predicted octanol–water partition coefficient (Wildman–Crippen LogP) is 3.50. The fraction of sp³-hybridized carbons (Fsp3) is 0.471. The van der Waals surface area contributed by atoms with Gasteiger partial charge >= 0.3 is 0 Å². The number of nitrogens with zero attached hydrogens (tertiary/aromatic N) is 1. The van der Waals surface area contributed by atoms with Gasteiger partial charge in [0.05, 0.1) is 11.6 Å². The number of nitriles is 1. The van der Waals surface area contributed by atoms with E-state index in [0.29, 0.717) is 12.2 Å². The van der Waals surface area contributed by atoms with Crippen molar-refractivity contribution in [1.29, 1.82) is 5.26 Å². The zero-order valence-corrected chi connectivity index (χ0v) is 13.1. The summed E-state index contributed by atoms with van der Waals surface area (Å²) in [6.07, 6.45) is 0. The fourth-order valence-electron chi connectivity index (χ4n) is 1.86. The van der Waals surface area contributed by atoms with Crippen LogP contribution >= 0.6 is 0 Å². The Labute approximate surface area is 122 Å². The number of hydrogen-bond donors (Lipinski definition) is 1. The van der Waals surface area contributed by atoms with Crippen LogP contribution in [0.4, 0.5) is 0 Å². The summed E-state index contributed by atoms with van der Waals surface area (Å²) in [6, 6.07) is 5.85. The minimum atomic E-state index is 0.0726. The van der Waals surface area contributed by atoms with Gasteiger partial charge in [-0.15, -0.1) is 0 Å². The van der Waals surface area contributed by atoms with E-state index in [9.17, 15) is 0 Å². The van der Waals surface area contributed by atoms with Crippen LogP contribution in [0.2, 0.25) is 0 Å². The van der Waals surface area contributed by atoms with Crippen LogP contribution in [0.15, 0.2) is 24.3 Å². The molecule has 1 aromatic rings. The highest BCUT2D eigenvalue weighted by molar-refractivity contribution is 5.47. The summed E-state index contributed by atoms with van der Waals surface area (Å²) in [4.78, 5) is 0. The first-order chi connectivity index (χ1) is 9.23. The van der Waals surface area contributed by atoms with Gasteiger partial charge in [-0.05, 0) is 63.5 Å². The van der Waals surface area contributed by atoms with Crippen LogP contribution < -0.4 is 10.1 Å². The van der Waals surface area contributed by atoms with Crippen LogP contribution in [-0.4, -0.2) is 18.7 Å². The Morgan fingerprint density at radius 3 is 2.30 bits per heavy atom. The Bertz CT molecular complexity index is 510. The minimum absolute atomic E-state index is 0.0726. The van der Waals surface area contributed by atoms with Crippen molar-refractivity contribution in [3.05, 3.63) is 41.0 Å². The third kappa shape index (κ3) is 5.07. The highest BCUT2D eigenvalue weighted by Gasteiger charge is 2.10. The third-order valence-electron chi connectivity index (χ3n) is 2.88. The average Bonchev–Trinajstić information content (AvgIpc) is 2.34. The Balaban J connectivity index is 2.63. The number of ether oxygens (including phenoxy) is 1. The molecule has 0 atom stereocenters. The molecule has 0 unspecified atom stereocenters. The number of nitrogens with one attached hydrogen (secondary N) is 1. The van der Waals surface area contributed by atoms with Crippen molar-refractivity contribution in [2.75, 3.05) is 13.2 Å². The lowest BCUT2D eigenvalue weighted by Crippen LogP contribution is -2.37. The van der Waals surface area contributed by atoms with Gasteiger partial charge in [0.1, 0.15) is 12.4 Å². The Morgan fingerprint density at radius 1 is 1.30 bits per heavy atom. The van der Waals surface area contributed by atoms with Gasteiger partial charge in [-0.1, -0.05) is 6.58 Å². The monoisotopic (exact) mass is 272 g/mol. The summed E-state index contributed by atoms with van der Waals surface area (Å²) in [6.45, 7) is 15.5. The molecule has 1 N–H and O–H groups in total. The largest absolute Gasteiger partial charge is 0.489 e. The molecule has 0 heterocycles. The van der Waals surface area contributed by atoms with Gasteiger partial charge in [-0.2, -0.15) is 5.26 Å². The topological polar surface area (TPSA) is 45.0 Å². The molecule has 3 heteroatoms. The van der Waals surface area contributed by atoms with E-state index in [0.717, 1.165) is 29.0 Å². The van der Waals surface area contributed by atoms with E-state index in [2.05, 4.69) is 38.7 Å². The van der Waals surface area contributed by atoms with Crippen molar-refractivity contribution in [2.45, 2.75) is 40.2 Å². The first-order valence-corrected chi connectivity index (χ1v) is 6.79. The zero-order chi connectivity index (χ0) is 15.3. The average molecular weight is 272 g/mol. The van der Waals surface area contributed by atoms with Crippen molar-refractivity contribution in [2.24, 2.45) is 0 Å². The normalized spacial score (nSPS) is 11.0. The van der Waals surface area contributed by atoms with Crippen molar-refractivity contribution < 1.29 is 4.74 Å². The van der Waals surface area contributed by atoms with E-state index >= 15 is 0 Å². The Hall–Kier alpha value is -1.79. The van der Waals surface area contributed by atoms with Gasteiger partial charge in [0, 0.05) is 12.1 Å². The molecule has 0 aromatic heterocycles. The second-order valence-corrected chi connectivity index (χ2v) is 6.19. The number of rotatable bonds is 5. The Kier molecular flexibility index (Phi) is 5.35. The molecule has 20 heavy (non-hydrogen) atoms. The molecule has 1 aromatic carbocycles. The SMILES string of the molecule is C=C(CNC(C)(C)C)COc1c(C)cc(C#N)cc1C. The van der Waals surface area contributed by atoms with Crippen LogP contribution in [-0.2, 0) is 0 Å². The standard InChI is InChI=1S/C17H24N2O/c1-12(10-19-17(4,5)6)11-20-16-13(2)7-15(9-18)8-14(16)3/h7-8,19H,1,10-11H2,2-6H3. The van der Waals surface area contributed by atoms with Gasteiger partial charge in [0.15, 0.2) is 0 Å². The van der Waals surface area contributed by atoms with E-state index < -0.39 is 0 Å². The fourth-order valence-corrected chi connectivity index (χ4v) is 1.86. The molecule has 1 rings (SSSR count). The van der Waals surface area contributed by atoms with Crippen molar-refractivity contribution in [3.8, 4) is 11.8 Å². The summed E-state index contributed by atoms with van der Waals surface area (Å²) in [5, 5.41) is 12.3. The molecular weight excluding hydrogens is 248 g/mol. The molecule has 0 aliphatic rings. The molecule has 0 fully saturated rings. The van der Waals surface area contributed by atoms with Gasteiger partial charge in [-0.3, -0.25) is 0 Å². The van der Waals surface area contributed by atoms with E-state index in [1.165, 1.54) is 0 Å². The number of aryl methyl sites for hydroxylation is 2. The lowest BCUT2D eigenvalue weighted by Gasteiger charge is -2.21. The van der Waals surface area contributed by atoms with Crippen LogP contribution in [0.5, 0.6) is 5.75 Å². The van der Waals surface area contributed by atoms with Gasteiger partial charge < -0.3 is 10.1 Å². The highest BCUT2D eigenvalue weighted by atomic mass is 16.5. The molecule has 0 amide bonds. The number of benzene rings is 1. The molecule has 0 aliphatic carbocycles. The van der Waals surface area contributed by atoms with E-state index in [-0.39, 0.29) is 5.54 Å². The first-order valence-electron chi connectivity index (χ1n) is 6.79. The quantitative estimate of drug-likeness (QED) is 0.834. The lowest BCUT2D eigenvalue weighted by atomic mass is 10.1. The maximum atomic E-state index is 8.93. The van der Waals surface area contributed by atoms with Crippen molar-refractivity contribution >= 4 is 0 Å². The van der Waals surface area contributed by atoms with Crippen LogP contribution in [0.25, 0.3) is 0 Å². The molecule has 3 nitrogen and oxygen atoms in total. The van der Waals surface area contributed by atoms with Crippen LogP contribution in [0, 0.1) is 25.2 Å². The summed E-state index contributed by atoms with van der Waals surface area (Å²) < 4.78 is 5.85. The smallest absolute Gasteiger partial charge is 0.125 e. The maximum Gasteiger partial charge on any atom is 0.125 e. The molecule has 0 aliphatic heterocycles. The van der Waals surface area contributed by atoms with E-state index in [4.69, 9.17) is 10.00 Å². The van der Waals surface area contributed by atoms with Gasteiger partial charge in [0.2, 0.25) is 0 Å². The molecule has 0 radical (unpaired) electrons. The molecule has 0 spiro atoms. The third-order valence-corrected chi connectivity index (χ3v) is 2.88. The lowest BCUT2D eigenvalue weighted by molar-refractivity contribution is 0.337. The maximum absolute atomic E-state index is 8.93. The van der Waals surface area contributed by atoms with E-state index in [1.54, 1.807) is 0 Å². The van der Waals surface area contributed by atoms with E-state index in [1.807, 2.05) is 26.0 Å². The second-order valence-electron chi connectivity index (χ2n) is 6.19.